The predicted octanol–water partition coefficient (Wildman–Crippen LogP) is 4.12. The minimum atomic E-state index is -0.208. The molecule has 0 radical (unpaired) electrons. The molecule has 4 aromatic rings. The Balaban J connectivity index is 1.50. The maximum absolute atomic E-state index is 13.1. The van der Waals surface area contributed by atoms with Crippen molar-refractivity contribution >= 4 is 16.8 Å². The van der Waals surface area contributed by atoms with Crippen LogP contribution in [0.5, 0.6) is 5.75 Å². The lowest BCUT2D eigenvalue weighted by Crippen LogP contribution is -2.27. The molecular weight excluding hydrogens is 414 g/mol. The summed E-state index contributed by atoms with van der Waals surface area (Å²) in [6.45, 7) is 2.77. The van der Waals surface area contributed by atoms with Gasteiger partial charge in [-0.1, -0.05) is 42.5 Å². The van der Waals surface area contributed by atoms with E-state index < -0.39 is 0 Å². The summed E-state index contributed by atoms with van der Waals surface area (Å²) < 4.78 is 6.82. The molecule has 0 atom stereocenters. The number of aromatic nitrogens is 2. The van der Waals surface area contributed by atoms with Gasteiger partial charge in [-0.05, 0) is 55.2 Å². The van der Waals surface area contributed by atoms with E-state index in [0.717, 1.165) is 24.2 Å². The van der Waals surface area contributed by atoms with Crippen molar-refractivity contribution in [2.75, 3.05) is 13.7 Å². The number of benzene rings is 2. The minimum absolute atomic E-state index is 0.172. The van der Waals surface area contributed by atoms with Gasteiger partial charge in [0.15, 0.2) is 0 Å². The fraction of sp³-hybridized carbons (Fsp3) is 0.222. The van der Waals surface area contributed by atoms with Gasteiger partial charge >= 0.3 is 0 Å². The number of rotatable bonds is 8. The lowest BCUT2D eigenvalue weighted by atomic mass is 10.1. The SMILES string of the molecule is COc1ccc(Cn2ccc3nc(C)c(C(=O)NCCCc4ccccc4)cc3c2=O)cc1. The first-order valence-electron chi connectivity index (χ1n) is 11.0. The van der Waals surface area contributed by atoms with Crippen LogP contribution in [0, 0.1) is 6.92 Å². The summed E-state index contributed by atoms with van der Waals surface area (Å²) >= 11 is 0. The maximum atomic E-state index is 13.1. The average molecular weight is 442 g/mol. The summed E-state index contributed by atoms with van der Waals surface area (Å²) in [7, 11) is 1.62. The van der Waals surface area contributed by atoms with Crippen LogP contribution in [0.25, 0.3) is 10.9 Å². The number of methoxy groups -OCH3 is 1. The predicted molar refractivity (Wildman–Crippen MR) is 130 cm³/mol. The van der Waals surface area contributed by atoms with Crippen LogP contribution in [0.2, 0.25) is 0 Å². The molecule has 1 amide bonds. The van der Waals surface area contributed by atoms with Crippen molar-refractivity contribution in [2.45, 2.75) is 26.3 Å². The summed E-state index contributed by atoms with van der Waals surface area (Å²) in [5.74, 6) is 0.559. The topological polar surface area (TPSA) is 73.2 Å². The summed E-state index contributed by atoms with van der Waals surface area (Å²) in [5, 5.41) is 3.40. The second-order valence-electron chi connectivity index (χ2n) is 8.00. The number of ether oxygens (including phenoxy) is 1. The van der Waals surface area contributed by atoms with Crippen LogP contribution in [0.4, 0.5) is 0 Å². The zero-order chi connectivity index (χ0) is 23.2. The number of hydrogen-bond donors (Lipinski definition) is 1. The molecule has 0 unspecified atom stereocenters. The highest BCUT2D eigenvalue weighted by Crippen LogP contribution is 2.15. The van der Waals surface area contributed by atoms with Crippen molar-refractivity contribution < 1.29 is 9.53 Å². The largest absolute Gasteiger partial charge is 0.497 e. The van der Waals surface area contributed by atoms with Crippen molar-refractivity contribution in [3.8, 4) is 5.75 Å². The normalized spacial score (nSPS) is 10.8. The second kappa shape index (κ2) is 10.1. The molecule has 0 saturated carbocycles. The maximum Gasteiger partial charge on any atom is 0.260 e. The number of carbonyl (C=O) groups excluding carboxylic acids is 1. The van der Waals surface area contributed by atoms with Crippen molar-refractivity contribution in [2.24, 2.45) is 0 Å². The molecule has 0 bridgehead atoms. The Morgan fingerprint density at radius 1 is 1.03 bits per heavy atom. The fourth-order valence-electron chi connectivity index (χ4n) is 3.82. The molecular formula is C27H27N3O3. The van der Waals surface area contributed by atoms with Crippen molar-refractivity contribution in [1.29, 1.82) is 0 Å². The van der Waals surface area contributed by atoms with E-state index in [-0.39, 0.29) is 11.5 Å². The van der Waals surface area contributed by atoms with Crippen LogP contribution in [0.1, 0.15) is 33.6 Å². The Bertz CT molecular complexity index is 1310. The molecule has 0 aliphatic rings. The first kappa shape index (κ1) is 22.3. The molecule has 2 heterocycles. The van der Waals surface area contributed by atoms with Gasteiger partial charge in [0.05, 0.1) is 35.8 Å². The third-order valence-corrected chi connectivity index (χ3v) is 5.67. The molecule has 0 saturated heterocycles. The zero-order valence-electron chi connectivity index (χ0n) is 18.9. The molecule has 0 fully saturated rings. The molecule has 0 spiro atoms. The number of amides is 1. The van der Waals surface area contributed by atoms with Crippen molar-refractivity contribution in [3.05, 3.63) is 106 Å². The summed E-state index contributed by atoms with van der Waals surface area (Å²) in [6.07, 6.45) is 3.47. The highest BCUT2D eigenvalue weighted by Gasteiger charge is 2.14. The van der Waals surface area contributed by atoms with Gasteiger partial charge in [-0.15, -0.1) is 0 Å². The van der Waals surface area contributed by atoms with Crippen LogP contribution in [0.15, 0.2) is 77.7 Å². The third kappa shape index (κ3) is 5.29. The van der Waals surface area contributed by atoms with E-state index in [4.69, 9.17) is 4.74 Å². The third-order valence-electron chi connectivity index (χ3n) is 5.67. The van der Waals surface area contributed by atoms with Gasteiger partial charge in [0, 0.05) is 12.7 Å². The Kier molecular flexibility index (Phi) is 6.83. The lowest BCUT2D eigenvalue weighted by Gasteiger charge is -2.11. The van der Waals surface area contributed by atoms with Gasteiger partial charge in [-0.2, -0.15) is 0 Å². The number of fused-ring (bicyclic) bond motifs is 1. The molecule has 4 rings (SSSR count). The molecule has 0 aliphatic heterocycles. The van der Waals surface area contributed by atoms with E-state index in [9.17, 15) is 9.59 Å². The Labute approximate surface area is 192 Å². The van der Waals surface area contributed by atoms with E-state index >= 15 is 0 Å². The standard InChI is InChI=1S/C27H27N3O3/c1-19-23(26(31)28-15-6-9-20-7-4-3-5-8-20)17-24-25(29-19)14-16-30(27(24)32)18-21-10-12-22(33-2)13-11-21/h3-5,7-8,10-14,16-17H,6,9,15,18H2,1-2H3,(H,28,31). The molecule has 33 heavy (non-hydrogen) atoms. The van der Waals surface area contributed by atoms with E-state index in [1.165, 1.54) is 5.56 Å². The molecule has 2 aromatic heterocycles. The van der Waals surface area contributed by atoms with E-state index in [0.29, 0.717) is 35.2 Å². The van der Waals surface area contributed by atoms with Gasteiger partial charge in [-0.25, -0.2) is 0 Å². The molecule has 6 heteroatoms. The molecule has 0 aliphatic carbocycles. The van der Waals surface area contributed by atoms with Crippen LogP contribution in [0.3, 0.4) is 0 Å². The first-order chi connectivity index (χ1) is 16.0. The number of pyridine rings is 2. The summed E-state index contributed by atoms with van der Waals surface area (Å²) in [6, 6.07) is 21.2. The lowest BCUT2D eigenvalue weighted by molar-refractivity contribution is 0.0952. The van der Waals surface area contributed by atoms with Gasteiger partial charge in [-0.3, -0.25) is 14.6 Å². The molecule has 168 valence electrons. The monoisotopic (exact) mass is 441 g/mol. The number of carbonyl (C=O) groups is 1. The second-order valence-corrected chi connectivity index (χ2v) is 8.00. The minimum Gasteiger partial charge on any atom is -0.497 e. The summed E-state index contributed by atoms with van der Waals surface area (Å²) in [4.78, 5) is 30.4. The quantitative estimate of drug-likeness (QED) is 0.418. The van der Waals surface area contributed by atoms with Gasteiger partial charge < -0.3 is 14.6 Å². The van der Waals surface area contributed by atoms with E-state index in [1.54, 1.807) is 30.9 Å². The zero-order valence-corrected chi connectivity index (χ0v) is 18.9. The van der Waals surface area contributed by atoms with Gasteiger partial charge in [0.2, 0.25) is 0 Å². The first-order valence-corrected chi connectivity index (χ1v) is 11.0. The van der Waals surface area contributed by atoms with E-state index in [2.05, 4.69) is 22.4 Å². The van der Waals surface area contributed by atoms with Crippen molar-refractivity contribution in [3.63, 3.8) is 0 Å². The van der Waals surface area contributed by atoms with Crippen LogP contribution in [-0.2, 0) is 13.0 Å². The van der Waals surface area contributed by atoms with Crippen LogP contribution >= 0.6 is 0 Å². The van der Waals surface area contributed by atoms with Crippen molar-refractivity contribution in [1.82, 2.24) is 14.9 Å². The molecule has 6 nitrogen and oxygen atoms in total. The molecule has 1 N–H and O–H groups in total. The van der Waals surface area contributed by atoms with E-state index in [1.807, 2.05) is 48.5 Å². The summed E-state index contributed by atoms with van der Waals surface area (Å²) in [5.41, 5.74) is 3.68. The average Bonchev–Trinajstić information content (AvgIpc) is 2.84. The number of nitrogens with one attached hydrogen (secondary N) is 1. The Hall–Kier alpha value is -3.93. The Morgan fingerprint density at radius 3 is 2.52 bits per heavy atom. The van der Waals surface area contributed by atoms with Crippen LogP contribution in [-0.4, -0.2) is 29.1 Å². The smallest absolute Gasteiger partial charge is 0.260 e. The van der Waals surface area contributed by atoms with Gasteiger partial charge in [0.25, 0.3) is 11.5 Å². The number of aryl methyl sites for hydroxylation is 2. The molecule has 2 aromatic carbocycles. The van der Waals surface area contributed by atoms with Crippen LogP contribution < -0.4 is 15.6 Å². The Morgan fingerprint density at radius 2 is 1.79 bits per heavy atom. The fourth-order valence-corrected chi connectivity index (χ4v) is 3.82. The number of hydrogen-bond acceptors (Lipinski definition) is 4. The number of nitrogens with zero attached hydrogens (tertiary/aromatic N) is 2. The highest BCUT2D eigenvalue weighted by atomic mass is 16.5. The van der Waals surface area contributed by atoms with Gasteiger partial charge in [0.1, 0.15) is 5.75 Å². The highest BCUT2D eigenvalue weighted by molar-refractivity contribution is 5.98.